The Morgan fingerprint density at radius 2 is 2.19 bits per heavy atom. The Kier molecular flexibility index (Phi) is 4.73. The molecule has 0 aromatic rings. The largest absolute Gasteiger partial charge is 0.481 e. The Balaban J connectivity index is 2.32. The van der Waals surface area contributed by atoms with Crippen molar-refractivity contribution in [1.82, 2.24) is 0 Å². The molecule has 0 saturated carbocycles. The minimum absolute atomic E-state index is 0.0540. The van der Waals surface area contributed by atoms with E-state index in [2.05, 4.69) is 0 Å². The van der Waals surface area contributed by atoms with E-state index in [0.29, 0.717) is 19.4 Å². The molecule has 0 bridgehead atoms. The highest BCUT2D eigenvalue weighted by atomic mass is 16.6. The summed E-state index contributed by atoms with van der Waals surface area (Å²) in [4.78, 5) is 22.3. The van der Waals surface area contributed by atoms with Crippen molar-refractivity contribution in [2.24, 2.45) is 11.8 Å². The van der Waals surface area contributed by atoms with Crippen molar-refractivity contribution < 1.29 is 24.2 Å². The van der Waals surface area contributed by atoms with Crippen molar-refractivity contribution in [2.45, 2.75) is 32.8 Å². The Morgan fingerprint density at radius 1 is 1.56 bits per heavy atom. The summed E-state index contributed by atoms with van der Waals surface area (Å²) in [6.07, 6.45) is 0.983. The zero-order chi connectivity index (χ0) is 12.1. The molecule has 3 unspecified atom stereocenters. The second-order valence-electron chi connectivity index (χ2n) is 4.17. The number of aliphatic carboxylic acids is 1. The van der Waals surface area contributed by atoms with Gasteiger partial charge in [-0.1, -0.05) is 13.8 Å². The van der Waals surface area contributed by atoms with E-state index in [-0.39, 0.29) is 24.6 Å². The Hall–Kier alpha value is -1.10. The van der Waals surface area contributed by atoms with E-state index in [9.17, 15) is 9.59 Å². The van der Waals surface area contributed by atoms with Gasteiger partial charge in [0.15, 0.2) is 0 Å². The average molecular weight is 230 g/mol. The van der Waals surface area contributed by atoms with Crippen LogP contribution in [0.4, 0.5) is 0 Å². The van der Waals surface area contributed by atoms with E-state index >= 15 is 0 Å². The van der Waals surface area contributed by atoms with Gasteiger partial charge in [0.1, 0.15) is 12.7 Å². The monoisotopic (exact) mass is 230 g/mol. The van der Waals surface area contributed by atoms with Crippen LogP contribution >= 0.6 is 0 Å². The maximum Gasteiger partial charge on any atom is 0.309 e. The minimum Gasteiger partial charge on any atom is -0.481 e. The first-order valence-corrected chi connectivity index (χ1v) is 5.55. The van der Waals surface area contributed by atoms with Gasteiger partial charge in [-0.2, -0.15) is 0 Å². The fourth-order valence-electron chi connectivity index (χ4n) is 1.41. The van der Waals surface area contributed by atoms with Gasteiger partial charge in [-0.05, 0) is 12.8 Å². The molecule has 0 amide bonds. The van der Waals surface area contributed by atoms with E-state index in [1.165, 1.54) is 0 Å². The summed E-state index contributed by atoms with van der Waals surface area (Å²) in [6.45, 7) is 4.39. The van der Waals surface area contributed by atoms with Crippen LogP contribution in [0.1, 0.15) is 26.7 Å². The zero-order valence-corrected chi connectivity index (χ0v) is 9.64. The van der Waals surface area contributed by atoms with Gasteiger partial charge in [0, 0.05) is 0 Å². The van der Waals surface area contributed by atoms with Gasteiger partial charge in [-0.3, -0.25) is 9.59 Å². The van der Waals surface area contributed by atoms with Crippen molar-refractivity contribution in [3.8, 4) is 0 Å². The molecule has 3 atom stereocenters. The summed E-state index contributed by atoms with van der Waals surface area (Å²) in [7, 11) is 0. The van der Waals surface area contributed by atoms with Gasteiger partial charge in [-0.25, -0.2) is 0 Å². The van der Waals surface area contributed by atoms with Gasteiger partial charge >= 0.3 is 11.9 Å². The molecule has 0 aliphatic carbocycles. The summed E-state index contributed by atoms with van der Waals surface area (Å²) < 4.78 is 9.96. The molecule has 1 fully saturated rings. The predicted octanol–water partition coefficient (Wildman–Crippen LogP) is 1.07. The number of hydrogen-bond donors (Lipinski definition) is 1. The number of esters is 1. The SMILES string of the molecule is CCC(CC(C)C(=O)O)C(=O)OCC1CO1. The van der Waals surface area contributed by atoms with Crippen molar-refractivity contribution in [3.63, 3.8) is 0 Å². The van der Waals surface area contributed by atoms with Crippen LogP contribution in [0.5, 0.6) is 0 Å². The minimum atomic E-state index is -0.878. The van der Waals surface area contributed by atoms with Crippen LogP contribution in [0.15, 0.2) is 0 Å². The third kappa shape index (κ3) is 4.18. The molecule has 0 radical (unpaired) electrons. The number of hydrogen-bond acceptors (Lipinski definition) is 4. The normalized spacial score (nSPS) is 22.2. The lowest BCUT2D eigenvalue weighted by atomic mass is 9.94. The molecular formula is C11H18O5. The molecule has 0 aromatic carbocycles. The van der Waals surface area contributed by atoms with Gasteiger partial charge < -0.3 is 14.6 Å². The molecular weight excluding hydrogens is 212 g/mol. The van der Waals surface area contributed by atoms with Crippen LogP contribution in [0, 0.1) is 11.8 Å². The van der Waals surface area contributed by atoms with Gasteiger partial charge in [0.2, 0.25) is 0 Å². The lowest BCUT2D eigenvalue weighted by Gasteiger charge is -2.15. The lowest BCUT2D eigenvalue weighted by Crippen LogP contribution is -2.24. The first-order chi connectivity index (χ1) is 7.54. The third-order valence-corrected chi connectivity index (χ3v) is 2.70. The van der Waals surface area contributed by atoms with Crippen LogP contribution in [0.2, 0.25) is 0 Å². The number of carbonyl (C=O) groups excluding carboxylic acids is 1. The lowest BCUT2D eigenvalue weighted by molar-refractivity contribution is -0.151. The second-order valence-corrected chi connectivity index (χ2v) is 4.17. The average Bonchev–Trinajstić information content (AvgIpc) is 3.05. The number of rotatable bonds is 7. The van der Waals surface area contributed by atoms with Crippen LogP contribution in [-0.2, 0) is 19.1 Å². The first-order valence-electron chi connectivity index (χ1n) is 5.55. The quantitative estimate of drug-likeness (QED) is 0.523. The number of carboxylic acid groups (broad SMARTS) is 1. The first kappa shape index (κ1) is 13.0. The van der Waals surface area contributed by atoms with E-state index in [1.807, 2.05) is 6.92 Å². The smallest absolute Gasteiger partial charge is 0.309 e. The summed E-state index contributed by atoms with van der Waals surface area (Å²) >= 11 is 0. The molecule has 1 saturated heterocycles. The molecule has 5 nitrogen and oxygen atoms in total. The number of epoxide rings is 1. The standard InChI is InChI=1S/C11H18O5/c1-3-8(4-7(2)10(12)13)11(14)16-6-9-5-15-9/h7-9H,3-6H2,1-2H3,(H,12,13). The van der Waals surface area contributed by atoms with Crippen molar-refractivity contribution >= 4 is 11.9 Å². The Bertz CT molecular complexity index is 259. The van der Waals surface area contributed by atoms with Crippen LogP contribution < -0.4 is 0 Å². The maximum atomic E-state index is 11.6. The summed E-state index contributed by atoms with van der Waals surface area (Å²) in [5.41, 5.74) is 0. The fourth-order valence-corrected chi connectivity index (χ4v) is 1.41. The molecule has 1 heterocycles. The highest BCUT2D eigenvalue weighted by Crippen LogP contribution is 2.18. The zero-order valence-electron chi connectivity index (χ0n) is 9.64. The molecule has 5 heteroatoms. The van der Waals surface area contributed by atoms with Gasteiger partial charge in [0.25, 0.3) is 0 Å². The molecule has 1 rings (SSSR count). The molecule has 0 aromatic heterocycles. The van der Waals surface area contributed by atoms with E-state index < -0.39 is 11.9 Å². The van der Waals surface area contributed by atoms with E-state index in [4.69, 9.17) is 14.6 Å². The van der Waals surface area contributed by atoms with E-state index in [0.717, 1.165) is 0 Å². The molecule has 1 aliphatic rings. The summed E-state index contributed by atoms with van der Waals surface area (Å²) in [6, 6.07) is 0. The highest BCUT2D eigenvalue weighted by molar-refractivity contribution is 5.74. The molecule has 1 aliphatic heterocycles. The van der Waals surface area contributed by atoms with Crippen LogP contribution in [-0.4, -0.2) is 36.4 Å². The Labute approximate surface area is 94.7 Å². The summed E-state index contributed by atoms with van der Waals surface area (Å²) in [5, 5.41) is 8.76. The van der Waals surface area contributed by atoms with E-state index in [1.54, 1.807) is 6.92 Å². The second kappa shape index (κ2) is 5.84. The topological polar surface area (TPSA) is 76.1 Å². The summed E-state index contributed by atoms with van der Waals surface area (Å²) in [5.74, 6) is -2.04. The molecule has 92 valence electrons. The Morgan fingerprint density at radius 3 is 2.62 bits per heavy atom. The predicted molar refractivity (Wildman–Crippen MR) is 55.9 cm³/mol. The van der Waals surface area contributed by atoms with Crippen LogP contribution in [0.3, 0.4) is 0 Å². The van der Waals surface area contributed by atoms with Gasteiger partial charge in [-0.15, -0.1) is 0 Å². The molecule has 16 heavy (non-hydrogen) atoms. The fraction of sp³-hybridized carbons (Fsp3) is 0.818. The van der Waals surface area contributed by atoms with Crippen molar-refractivity contribution in [1.29, 1.82) is 0 Å². The molecule has 1 N–H and O–H groups in total. The van der Waals surface area contributed by atoms with Crippen LogP contribution in [0.25, 0.3) is 0 Å². The maximum absolute atomic E-state index is 11.6. The number of ether oxygens (including phenoxy) is 2. The number of carboxylic acids is 1. The van der Waals surface area contributed by atoms with Gasteiger partial charge in [0.05, 0.1) is 18.4 Å². The van der Waals surface area contributed by atoms with Crippen molar-refractivity contribution in [2.75, 3.05) is 13.2 Å². The highest BCUT2D eigenvalue weighted by Gasteiger charge is 2.28. The number of carbonyl (C=O) groups is 2. The third-order valence-electron chi connectivity index (χ3n) is 2.70. The van der Waals surface area contributed by atoms with Crippen molar-refractivity contribution in [3.05, 3.63) is 0 Å². The molecule has 0 spiro atoms.